The van der Waals surface area contributed by atoms with Gasteiger partial charge >= 0.3 is 0 Å². The zero-order valence-corrected chi connectivity index (χ0v) is 16.3. The van der Waals surface area contributed by atoms with Crippen LogP contribution in [0.1, 0.15) is 25.0 Å². The first-order chi connectivity index (χ1) is 13.0. The maximum absolute atomic E-state index is 12.6. The molecule has 0 saturated carbocycles. The number of nitrogens with zero attached hydrogens (tertiary/aromatic N) is 1. The smallest absolute Gasteiger partial charge is 0.261 e. The lowest BCUT2D eigenvalue weighted by molar-refractivity contribution is -0.133. The Morgan fingerprint density at radius 1 is 1.11 bits per heavy atom. The molecule has 0 aliphatic rings. The van der Waals surface area contributed by atoms with E-state index in [-0.39, 0.29) is 19.1 Å². The standard InChI is InChI=1S/C23H27NO3/c1-5-13-24(15-20-11-9-19(4)10-12-20)23(25)17-27-22-8-6-7-21(14-22)26-16-18(2)3/h1,6-12,14,18H,13,15-17H2,2-4H3. The van der Waals surface area contributed by atoms with Crippen LogP contribution in [0.5, 0.6) is 11.5 Å². The molecule has 0 spiro atoms. The summed E-state index contributed by atoms with van der Waals surface area (Å²) in [6.45, 7) is 7.48. The van der Waals surface area contributed by atoms with Crippen molar-refractivity contribution in [3.63, 3.8) is 0 Å². The van der Waals surface area contributed by atoms with Gasteiger partial charge in [0.05, 0.1) is 13.2 Å². The van der Waals surface area contributed by atoms with Gasteiger partial charge in [0.2, 0.25) is 0 Å². The number of benzene rings is 2. The number of amides is 1. The Hall–Kier alpha value is -2.93. The summed E-state index contributed by atoms with van der Waals surface area (Å²) >= 11 is 0. The molecule has 2 aromatic carbocycles. The Kier molecular flexibility index (Phi) is 7.76. The average molecular weight is 365 g/mol. The Morgan fingerprint density at radius 3 is 2.41 bits per heavy atom. The van der Waals surface area contributed by atoms with Crippen molar-refractivity contribution in [1.29, 1.82) is 0 Å². The van der Waals surface area contributed by atoms with Crippen LogP contribution in [0.4, 0.5) is 0 Å². The van der Waals surface area contributed by atoms with Crippen molar-refractivity contribution in [2.24, 2.45) is 5.92 Å². The SMILES string of the molecule is C#CCN(Cc1ccc(C)cc1)C(=O)COc1cccc(OCC(C)C)c1. The first-order valence-corrected chi connectivity index (χ1v) is 9.10. The predicted molar refractivity (Wildman–Crippen MR) is 108 cm³/mol. The number of carbonyl (C=O) groups excluding carboxylic acids is 1. The summed E-state index contributed by atoms with van der Waals surface area (Å²) in [6.07, 6.45) is 5.43. The second kappa shape index (κ2) is 10.3. The van der Waals surface area contributed by atoms with Gasteiger partial charge in [0.1, 0.15) is 11.5 Å². The van der Waals surface area contributed by atoms with Crippen molar-refractivity contribution in [2.75, 3.05) is 19.8 Å². The van der Waals surface area contributed by atoms with Gasteiger partial charge in [0, 0.05) is 12.6 Å². The lowest BCUT2D eigenvalue weighted by atomic mass is 10.1. The zero-order chi connectivity index (χ0) is 19.6. The number of aryl methyl sites for hydroxylation is 1. The Balaban J connectivity index is 1.94. The molecule has 0 aliphatic carbocycles. The van der Waals surface area contributed by atoms with E-state index >= 15 is 0 Å². The number of hydrogen-bond acceptors (Lipinski definition) is 3. The highest BCUT2D eigenvalue weighted by molar-refractivity contribution is 5.78. The van der Waals surface area contributed by atoms with Crippen LogP contribution in [0.2, 0.25) is 0 Å². The first-order valence-electron chi connectivity index (χ1n) is 9.10. The van der Waals surface area contributed by atoms with Crippen LogP contribution in [-0.2, 0) is 11.3 Å². The highest BCUT2D eigenvalue weighted by atomic mass is 16.5. The van der Waals surface area contributed by atoms with E-state index in [2.05, 4.69) is 19.8 Å². The van der Waals surface area contributed by atoms with Crippen LogP contribution in [0.15, 0.2) is 48.5 Å². The van der Waals surface area contributed by atoms with Crippen LogP contribution in [0.25, 0.3) is 0 Å². The monoisotopic (exact) mass is 365 g/mol. The van der Waals surface area contributed by atoms with Crippen molar-refractivity contribution < 1.29 is 14.3 Å². The third-order valence-electron chi connectivity index (χ3n) is 3.88. The minimum atomic E-state index is -0.151. The molecular formula is C23H27NO3. The molecule has 0 N–H and O–H groups in total. The Labute approximate surface area is 162 Å². The van der Waals surface area contributed by atoms with Gasteiger partial charge in [-0.1, -0.05) is 55.7 Å². The van der Waals surface area contributed by atoms with Crippen molar-refractivity contribution in [3.8, 4) is 23.8 Å². The van der Waals surface area contributed by atoms with E-state index in [0.29, 0.717) is 24.8 Å². The summed E-state index contributed by atoms with van der Waals surface area (Å²) in [6, 6.07) is 15.4. The van der Waals surface area contributed by atoms with Crippen molar-refractivity contribution in [2.45, 2.75) is 27.3 Å². The molecule has 0 aromatic heterocycles. The number of terminal acetylenes is 1. The first kappa shape index (κ1) is 20.4. The van der Waals surface area contributed by atoms with Gasteiger partial charge in [0.25, 0.3) is 5.91 Å². The third kappa shape index (κ3) is 7.07. The molecular weight excluding hydrogens is 338 g/mol. The van der Waals surface area contributed by atoms with Crippen LogP contribution in [-0.4, -0.2) is 30.6 Å². The zero-order valence-electron chi connectivity index (χ0n) is 16.3. The van der Waals surface area contributed by atoms with Crippen LogP contribution < -0.4 is 9.47 Å². The number of hydrogen-bond donors (Lipinski definition) is 0. The molecule has 0 bridgehead atoms. The quantitative estimate of drug-likeness (QED) is 0.629. The summed E-state index contributed by atoms with van der Waals surface area (Å²) in [5, 5.41) is 0. The van der Waals surface area contributed by atoms with E-state index in [1.54, 1.807) is 17.0 Å². The fourth-order valence-corrected chi connectivity index (χ4v) is 2.41. The largest absolute Gasteiger partial charge is 0.493 e. The summed E-state index contributed by atoms with van der Waals surface area (Å²) in [4.78, 5) is 14.2. The van der Waals surface area contributed by atoms with E-state index in [1.165, 1.54) is 5.56 Å². The second-order valence-electron chi connectivity index (χ2n) is 6.91. The Morgan fingerprint density at radius 2 is 1.78 bits per heavy atom. The third-order valence-corrected chi connectivity index (χ3v) is 3.88. The molecule has 0 heterocycles. The van der Waals surface area contributed by atoms with Gasteiger partial charge in [-0.15, -0.1) is 6.42 Å². The highest BCUT2D eigenvalue weighted by Crippen LogP contribution is 2.20. The van der Waals surface area contributed by atoms with E-state index in [0.717, 1.165) is 11.3 Å². The molecule has 0 atom stereocenters. The van der Waals surface area contributed by atoms with E-state index < -0.39 is 0 Å². The van der Waals surface area contributed by atoms with Gasteiger partial charge < -0.3 is 14.4 Å². The lowest BCUT2D eigenvalue weighted by Gasteiger charge is -2.21. The Bertz CT molecular complexity index is 775. The van der Waals surface area contributed by atoms with Gasteiger partial charge in [-0.25, -0.2) is 0 Å². The van der Waals surface area contributed by atoms with E-state index in [1.807, 2.05) is 43.3 Å². The normalized spacial score (nSPS) is 10.3. The van der Waals surface area contributed by atoms with E-state index in [4.69, 9.17) is 15.9 Å². The average Bonchev–Trinajstić information content (AvgIpc) is 2.66. The maximum atomic E-state index is 12.6. The van der Waals surface area contributed by atoms with Gasteiger partial charge in [-0.3, -0.25) is 4.79 Å². The van der Waals surface area contributed by atoms with Crippen molar-refractivity contribution in [1.82, 2.24) is 4.90 Å². The molecule has 27 heavy (non-hydrogen) atoms. The topological polar surface area (TPSA) is 38.8 Å². The van der Waals surface area contributed by atoms with Gasteiger partial charge in [0.15, 0.2) is 6.61 Å². The molecule has 0 saturated heterocycles. The molecule has 142 valence electrons. The number of rotatable bonds is 9. The van der Waals surface area contributed by atoms with Crippen molar-refractivity contribution >= 4 is 5.91 Å². The van der Waals surface area contributed by atoms with E-state index in [9.17, 15) is 4.79 Å². The molecule has 2 rings (SSSR count). The minimum absolute atomic E-state index is 0.0683. The summed E-state index contributed by atoms with van der Waals surface area (Å²) in [7, 11) is 0. The van der Waals surface area contributed by atoms with Crippen LogP contribution >= 0.6 is 0 Å². The molecule has 1 amide bonds. The molecule has 0 aliphatic heterocycles. The molecule has 0 fully saturated rings. The molecule has 0 unspecified atom stereocenters. The highest BCUT2D eigenvalue weighted by Gasteiger charge is 2.14. The summed E-state index contributed by atoms with van der Waals surface area (Å²) in [5.41, 5.74) is 2.21. The maximum Gasteiger partial charge on any atom is 0.261 e. The van der Waals surface area contributed by atoms with Crippen molar-refractivity contribution in [3.05, 3.63) is 59.7 Å². The van der Waals surface area contributed by atoms with Crippen LogP contribution in [0.3, 0.4) is 0 Å². The van der Waals surface area contributed by atoms with Gasteiger partial charge in [-0.05, 0) is 30.5 Å². The molecule has 4 heteroatoms. The lowest BCUT2D eigenvalue weighted by Crippen LogP contribution is -2.34. The summed E-state index contributed by atoms with van der Waals surface area (Å²) in [5.74, 6) is 4.16. The van der Waals surface area contributed by atoms with Gasteiger partial charge in [-0.2, -0.15) is 0 Å². The summed E-state index contributed by atoms with van der Waals surface area (Å²) < 4.78 is 11.3. The molecule has 0 radical (unpaired) electrons. The predicted octanol–water partition coefficient (Wildman–Crippen LogP) is 4.07. The second-order valence-corrected chi connectivity index (χ2v) is 6.91. The number of ether oxygens (including phenoxy) is 2. The fraction of sp³-hybridized carbons (Fsp3) is 0.348. The molecule has 2 aromatic rings. The van der Waals surface area contributed by atoms with Crippen LogP contribution in [0, 0.1) is 25.2 Å². The minimum Gasteiger partial charge on any atom is -0.493 e. The molecule has 4 nitrogen and oxygen atoms in total. The fourth-order valence-electron chi connectivity index (χ4n) is 2.41. The number of carbonyl (C=O) groups is 1.